The Hall–Kier alpha value is -0.920. The summed E-state index contributed by atoms with van der Waals surface area (Å²) < 4.78 is 31.2. The summed E-state index contributed by atoms with van der Waals surface area (Å²) in [6, 6.07) is 9.00. The average Bonchev–Trinajstić information content (AvgIpc) is 2.26. The van der Waals surface area contributed by atoms with Gasteiger partial charge in [-0.05, 0) is 16.8 Å². The first kappa shape index (κ1) is 15.1. The number of benzene rings is 2. The molecule has 0 aliphatic heterocycles. The van der Waals surface area contributed by atoms with Crippen molar-refractivity contribution in [3.05, 3.63) is 42.0 Å². The molecule has 0 fully saturated rings. The van der Waals surface area contributed by atoms with E-state index in [0.717, 1.165) is 6.07 Å². The van der Waals surface area contributed by atoms with E-state index in [1.165, 1.54) is 12.1 Å². The SMILES string of the molecule is O=C(O)c1c(S(=O)(=O)O)ccc2ccccc12.[Na]. The Kier molecular flexibility index (Phi) is 4.52. The van der Waals surface area contributed by atoms with E-state index in [-0.39, 0.29) is 34.9 Å². The molecule has 7 heteroatoms. The van der Waals surface area contributed by atoms with Crippen molar-refractivity contribution < 1.29 is 22.9 Å². The van der Waals surface area contributed by atoms with E-state index in [1.807, 2.05) is 0 Å². The van der Waals surface area contributed by atoms with Gasteiger partial charge >= 0.3 is 5.97 Å². The predicted octanol–water partition coefficient (Wildman–Crippen LogP) is 1.40. The third kappa shape index (κ3) is 2.73. The van der Waals surface area contributed by atoms with Crippen LogP contribution in [-0.4, -0.2) is 53.6 Å². The molecule has 0 aromatic heterocycles. The Bertz CT molecular complexity index is 708. The number of carboxylic acids is 1. The van der Waals surface area contributed by atoms with E-state index < -0.39 is 26.5 Å². The molecule has 2 aromatic carbocycles. The maximum absolute atomic E-state index is 11.1. The van der Waals surface area contributed by atoms with Crippen LogP contribution in [0.15, 0.2) is 41.3 Å². The number of carboxylic acid groups (broad SMARTS) is 1. The Morgan fingerprint density at radius 1 is 1.06 bits per heavy atom. The zero-order valence-corrected chi connectivity index (χ0v) is 12.3. The van der Waals surface area contributed by atoms with Crippen molar-refractivity contribution in [1.82, 2.24) is 0 Å². The molecule has 0 saturated heterocycles. The third-order valence-corrected chi connectivity index (χ3v) is 3.28. The van der Waals surface area contributed by atoms with Gasteiger partial charge in [0.15, 0.2) is 0 Å². The number of fused-ring (bicyclic) bond motifs is 1. The predicted molar refractivity (Wildman–Crippen MR) is 66.5 cm³/mol. The molecule has 1 radical (unpaired) electrons. The zero-order valence-electron chi connectivity index (χ0n) is 9.49. The van der Waals surface area contributed by atoms with E-state index in [2.05, 4.69) is 0 Å². The first-order chi connectivity index (χ1) is 7.91. The number of carbonyl (C=O) groups is 1. The van der Waals surface area contributed by atoms with Crippen molar-refractivity contribution in [1.29, 1.82) is 0 Å². The molecule has 0 bridgehead atoms. The number of hydrogen-bond acceptors (Lipinski definition) is 3. The van der Waals surface area contributed by atoms with Crippen molar-refractivity contribution in [3.63, 3.8) is 0 Å². The summed E-state index contributed by atoms with van der Waals surface area (Å²) in [4.78, 5) is 10.5. The van der Waals surface area contributed by atoms with E-state index in [4.69, 9.17) is 9.66 Å². The molecule has 2 N–H and O–H groups in total. The van der Waals surface area contributed by atoms with Crippen LogP contribution in [0.25, 0.3) is 10.8 Å². The van der Waals surface area contributed by atoms with Crippen LogP contribution in [0.4, 0.5) is 0 Å². The van der Waals surface area contributed by atoms with Crippen LogP contribution in [0.3, 0.4) is 0 Å². The Morgan fingerprint density at radius 3 is 2.22 bits per heavy atom. The normalized spacial score (nSPS) is 10.9. The molecular weight excluding hydrogens is 267 g/mol. The van der Waals surface area contributed by atoms with Gasteiger partial charge in [-0.2, -0.15) is 8.42 Å². The molecule has 0 atom stereocenters. The second-order valence-corrected chi connectivity index (χ2v) is 4.83. The van der Waals surface area contributed by atoms with E-state index in [1.54, 1.807) is 18.2 Å². The number of hydrogen-bond donors (Lipinski definition) is 2. The minimum absolute atomic E-state index is 0. The molecule has 0 aliphatic rings. The van der Waals surface area contributed by atoms with Crippen LogP contribution in [0.1, 0.15) is 10.4 Å². The van der Waals surface area contributed by atoms with Crippen molar-refractivity contribution >= 4 is 56.4 Å². The Labute approximate surface area is 125 Å². The van der Waals surface area contributed by atoms with Gasteiger partial charge in [-0.1, -0.05) is 30.3 Å². The maximum Gasteiger partial charge on any atom is 0.337 e. The smallest absolute Gasteiger partial charge is 0.337 e. The summed E-state index contributed by atoms with van der Waals surface area (Å²) in [6.45, 7) is 0. The zero-order chi connectivity index (χ0) is 12.6. The Balaban J connectivity index is 0.00000162. The van der Waals surface area contributed by atoms with Crippen molar-refractivity contribution in [2.24, 2.45) is 0 Å². The second-order valence-electron chi connectivity index (χ2n) is 3.44. The van der Waals surface area contributed by atoms with Crippen LogP contribution >= 0.6 is 0 Å². The van der Waals surface area contributed by atoms with Crippen molar-refractivity contribution in [2.45, 2.75) is 4.90 Å². The van der Waals surface area contributed by atoms with Crippen LogP contribution in [-0.2, 0) is 10.1 Å². The quantitative estimate of drug-likeness (QED) is 0.638. The fourth-order valence-electron chi connectivity index (χ4n) is 1.69. The average molecular weight is 275 g/mol. The van der Waals surface area contributed by atoms with Gasteiger partial charge in [-0.25, -0.2) is 4.79 Å². The summed E-state index contributed by atoms with van der Waals surface area (Å²) in [5, 5.41) is 9.92. The largest absolute Gasteiger partial charge is 0.478 e. The van der Waals surface area contributed by atoms with E-state index in [9.17, 15) is 13.2 Å². The monoisotopic (exact) mass is 275 g/mol. The molecule has 0 amide bonds. The van der Waals surface area contributed by atoms with Gasteiger partial charge in [-0.3, -0.25) is 4.55 Å². The third-order valence-electron chi connectivity index (χ3n) is 2.38. The van der Waals surface area contributed by atoms with Gasteiger partial charge in [0.25, 0.3) is 10.1 Å². The fraction of sp³-hybridized carbons (Fsp3) is 0. The summed E-state index contributed by atoms with van der Waals surface area (Å²) in [5.41, 5.74) is -0.411. The molecule has 2 aromatic rings. The first-order valence-corrected chi connectivity index (χ1v) is 6.08. The van der Waals surface area contributed by atoms with Crippen LogP contribution in [0.5, 0.6) is 0 Å². The minimum atomic E-state index is -4.55. The number of rotatable bonds is 2. The van der Waals surface area contributed by atoms with Crippen LogP contribution in [0.2, 0.25) is 0 Å². The fourth-order valence-corrected chi connectivity index (χ4v) is 2.38. The van der Waals surface area contributed by atoms with Gasteiger partial charge in [-0.15, -0.1) is 0 Å². The van der Waals surface area contributed by atoms with Crippen molar-refractivity contribution in [3.8, 4) is 0 Å². The van der Waals surface area contributed by atoms with Gasteiger partial charge < -0.3 is 5.11 Å². The van der Waals surface area contributed by atoms with Gasteiger partial charge in [0.1, 0.15) is 4.90 Å². The summed E-state index contributed by atoms with van der Waals surface area (Å²) in [5.74, 6) is -1.39. The molecule has 0 spiro atoms. The standard InChI is InChI=1S/C11H8O5S.Na/c12-11(13)10-8-4-2-1-3-7(8)5-6-9(10)17(14,15)16;/h1-6H,(H,12,13)(H,14,15,16);. The molecule has 0 aliphatic carbocycles. The molecule has 89 valence electrons. The van der Waals surface area contributed by atoms with E-state index in [0.29, 0.717) is 5.39 Å². The molecule has 0 saturated carbocycles. The summed E-state index contributed by atoms with van der Waals surface area (Å²) >= 11 is 0. The van der Waals surface area contributed by atoms with Crippen molar-refractivity contribution in [2.75, 3.05) is 0 Å². The second kappa shape index (κ2) is 5.38. The van der Waals surface area contributed by atoms with Crippen LogP contribution < -0.4 is 0 Å². The number of aromatic carboxylic acids is 1. The molecule has 18 heavy (non-hydrogen) atoms. The van der Waals surface area contributed by atoms with E-state index >= 15 is 0 Å². The summed E-state index contributed by atoms with van der Waals surface area (Å²) in [6.07, 6.45) is 0. The minimum Gasteiger partial charge on any atom is -0.478 e. The van der Waals surface area contributed by atoms with Crippen LogP contribution in [0, 0.1) is 0 Å². The summed E-state index contributed by atoms with van der Waals surface area (Å²) in [7, 11) is -4.55. The maximum atomic E-state index is 11.1. The van der Waals surface area contributed by atoms with Gasteiger partial charge in [0.05, 0.1) is 5.56 Å². The molecule has 0 heterocycles. The topological polar surface area (TPSA) is 91.7 Å². The first-order valence-electron chi connectivity index (χ1n) is 4.64. The van der Waals surface area contributed by atoms with Gasteiger partial charge in [0, 0.05) is 29.6 Å². The van der Waals surface area contributed by atoms with Gasteiger partial charge in [0.2, 0.25) is 0 Å². The molecule has 0 unspecified atom stereocenters. The Morgan fingerprint density at radius 2 is 1.67 bits per heavy atom. The molecular formula is C11H8NaO5S. The molecule has 2 rings (SSSR count). The molecule has 5 nitrogen and oxygen atoms in total.